The van der Waals surface area contributed by atoms with Crippen LogP contribution in [-0.4, -0.2) is 30.5 Å². The lowest BCUT2D eigenvalue weighted by Gasteiger charge is -2.26. The smallest absolute Gasteiger partial charge is 0.300 e. The van der Waals surface area contributed by atoms with E-state index in [4.69, 9.17) is 21.1 Å². The van der Waals surface area contributed by atoms with Crippen LogP contribution in [-0.2, 0) is 9.59 Å². The highest BCUT2D eigenvalue weighted by Gasteiger charge is 2.47. The zero-order valence-corrected chi connectivity index (χ0v) is 21.4. The molecule has 1 saturated heterocycles. The lowest BCUT2D eigenvalue weighted by molar-refractivity contribution is -0.132. The van der Waals surface area contributed by atoms with Gasteiger partial charge in [0.05, 0.1) is 30.4 Å². The molecule has 1 amide bonds. The summed E-state index contributed by atoms with van der Waals surface area (Å²) in [5.74, 6) is -0.446. The number of carbonyl (C=O) groups is 2. The molecule has 0 saturated carbocycles. The van der Waals surface area contributed by atoms with Crippen LogP contribution in [0.5, 0.6) is 11.5 Å². The second-order valence-electron chi connectivity index (χ2n) is 9.13. The number of ether oxygens (including phenoxy) is 2. The summed E-state index contributed by atoms with van der Waals surface area (Å²) >= 11 is 6.28. The standard InChI is InChI=1S/C29H28ClNO5/c1-17(2)16-36-22-7-5-6-19(14-22)26-25(27(32)20-10-13-24(35-4)23(30)15-20)28(33)29(34)31(26)21-11-8-18(3)9-12-21/h5-15,17,26,32H,16H2,1-4H3/b27-25+. The van der Waals surface area contributed by atoms with Gasteiger partial charge < -0.3 is 14.6 Å². The molecule has 36 heavy (non-hydrogen) atoms. The number of Topliss-reactive ketones (excluding diaryl/α,β-unsaturated/α-hetero) is 1. The molecule has 3 aromatic rings. The van der Waals surface area contributed by atoms with Gasteiger partial charge in [0, 0.05) is 11.3 Å². The van der Waals surface area contributed by atoms with E-state index in [1.165, 1.54) is 18.1 Å². The van der Waals surface area contributed by atoms with Crippen LogP contribution in [0, 0.1) is 12.8 Å². The number of aryl methyl sites for hydroxylation is 1. The summed E-state index contributed by atoms with van der Waals surface area (Å²) in [7, 11) is 1.49. The van der Waals surface area contributed by atoms with Crippen LogP contribution < -0.4 is 14.4 Å². The first-order valence-corrected chi connectivity index (χ1v) is 12.0. The summed E-state index contributed by atoms with van der Waals surface area (Å²) in [4.78, 5) is 28.1. The van der Waals surface area contributed by atoms with Gasteiger partial charge in [-0.2, -0.15) is 0 Å². The molecule has 186 valence electrons. The largest absolute Gasteiger partial charge is 0.507 e. The van der Waals surface area contributed by atoms with Crippen molar-refractivity contribution in [3.05, 3.63) is 94.0 Å². The highest BCUT2D eigenvalue weighted by molar-refractivity contribution is 6.51. The number of rotatable bonds is 7. The normalized spacial score (nSPS) is 17.1. The Morgan fingerprint density at radius 2 is 1.78 bits per heavy atom. The van der Waals surface area contributed by atoms with Gasteiger partial charge in [0.15, 0.2) is 0 Å². The molecule has 0 aromatic heterocycles. The first-order valence-electron chi connectivity index (χ1n) is 11.7. The van der Waals surface area contributed by atoms with Crippen molar-refractivity contribution in [1.82, 2.24) is 0 Å². The number of hydrogen-bond donors (Lipinski definition) is 1. The van der Waals surface area contributed by atoms with Crippen molar-refractivity contribution in [3.63, 3.8) is 0 Å². The Labute approximate surface area is 215 Å². The average molecular weight is 506 g/mol. The Morgan fingerprint density at radius 3 is 2.42 bits per heavy atom. The van der Waals surface area contributed by atoms with Gasteiger partial charge in [-0.05, 0) is 60.9 Å². The Bertz CT molecular complexity index is 1330. The number of benzene rings is 3. The molecule has 0 bridgehead atoms. The van der Waals surface area contributed by atoms with E-state index < -0.39 is 17.7 Å². The van der Waals surface area contributed by atoms with E-state index in [1.807, 2.05) is 37.3 Å². The molecule has 1 heterocycles. The number of aliphatic hydroxyl groups is 1. The lowest BCUT2D eigenvalue weighted by atomic mass is 9.95. The molecule has 3 aromatic carbocycles. The molecule has 1 aliphatic rings. The maximum absolute atomic E-state index is 13.4. The minimum Gasteiger partial charge on any atom is -0.507 e. The third-order valence-electron chi connectivity index (χ3n) is 5.94. The van der Waals surface area contributed by atoms with Gasteiger partial charge in [0.1, 0.15) is 17.3 Å². The fourth-order valence-corrected chi connectivity index (χ4v) is 4.38. The average Bonchev–Trinajstić information content (AvgIpc) is 3.13. The zero-order valence-electron chi connectivity index (χ0n) is 20.6. The molecule has 4 rings (SSSR count). The van der Waals surface area contributed by atoms with E-state index in [2.05, 4.69) is 13.8 Å². The Kier molecular flexibility index (Phi) is 7.36. The number of amides is 1. The number of ketones is 1. The third-order valence-corrected chi connectivity index (χ3v) is 6.23. The zero-order chi connectivity index (χ0) is 26.0. The number of halogens is 1. The summed E-state index contributed by atoms with van der Waals surface area (Å²) in [5, 5.41) is 11.6. The van der Waals surface area contributed by atoms with E-state index in [-0.39, 0.29) is 16.4 Å². The van der Waals surface area contributed by atoms with Crippen LogP contribution in [0.3, 0.4) is 0 Å². The first kappa shape index (κ1) is 25.3. The fourth-order valence-electron chi connectivity index (χ4n) is 4.13. The molecular formula is C29H28ClNO5. The van der Waals surface area contributed by atoms with Crippen molar-refractivity contribution in [1.29, 1.82) is 0 Å². The van der Waals surface area contributed by atoms with Gasteiger partial charge in [0.2, 0.25) is 0 Å². The number of aliphatic hydroxyl groups excluding tert-OH is 1. The highest BCUT2D eigenvalue weighted by Crippen LogP contribution is 2.43. The van der Waals surface area contributed by atoms with E-state index in [1.54, 1.807) is 30.3 Å². The van der Waals surface area contributed by atoms with E-state index >= 15 is 0 Å². The predicted octanol–water partition coefficient (Wildman–Crippen LogP) is 6.32. The van der Waals surface area contributed by atoms with Crippen molar-refractivity contribution in [2.24, 2.45) is 5.92 Å². The molecule has 1 N–H and O–H groups in total. The van der Waals surface area contributed by atoms with Gasteiger partial charge in [-0.3, -0.25) is 14.5 Å². The Hall–Kier alpha value is -3.77. The maximum atomic E-state index is 13.4. The SMILES string of the molecule is COc1ccc(/C(O)=C2\C(=O)C(=O)N(c3ccc(C)cc3)C2c2cccc(OCC(C)C)c2)cc1Cl. The summed E-state index contributed by atoms with van der Waals surface area (Å²) < 4.78 is 11.1. The van der Waals surface area contributed by atoms with Gasteiger partial charge in [0.25, 0.3) is 11.7 Å². The Balaban J connectivity index is 1.89. The van der Waals surface area contributed by atoms with Gasteiger partial charge in [-0.1, -0.05) is 55.3 Å². The van der Waals surface area contributed by atoms with Crippen molar-refractivity contribution >= 4 is 34.7 Å². The summed E-state index contributed by atoms with van der Waals surface area (Å²) in [6, 6.07) is 18.4. The summed E-state index contributed by atoms with van der Waals surface area (Å²) in [6.07, 6.45) is 0. The quantitative estimate of drug-likeness (QED) is 0.231. The number of carbonyl (C=O) groups excluding carboxylic acids is 2. The topological polar surface area (TPSA) is 76.1 Å². The van der Waals surface area contributed by atoms with Crippen molar-refractivity contribution < 1.29 is 24.2 Å². The highest BCUT2D eigenvalue weighted by atomic mass is 35.5. The first-order chi connectivity index (χ1) is 17.2. The molecule has 6 nitrogen and oxygen atoms in total. The second kappa shape index (κ2) is 10.5. The Morgan fingerprint density at radius 1 is 1.06 bits per heavy atom. The van der Waals surface area contributed by atoms with Crippen LogP contribution in [0.4, 0.5) is 5.69 Å². The predicted molar refractivity (Wildman–Crippen MR) is 141 cm³/mol. The van der Waals surface area contributed by atoms with Crippen LogP contribution in [0.15, 0.2) is 72.3 Å². The molecule has 0 radical (unpaired) electrons. The van der Waals surface area contributed by atoms with Gasteiger partial charge in [-0.25, -0.2) is 0 Å². The third kappa shape index (κ3) is 4.95. The molecule has 1 fully saturated rings. The van der Waals surface area contributed by atoms with Crippen LogP contribution in [0.2, 0.25) is 5.02 Å². The summed E-state index contributed by atoms with van der Waals surface area (Å²) in [6.45, 7) is 6.57. The number of nitrogens with zero attached hydrogens (tertiary/aromatic N) is 1. The second-order valence-corrected chi connectivity index (χ2v) is 9.54. The maximum Gasteiger partial charge on any atom is 0.300 e. The van der Waals surface area contributed by atoms with Crippen LogP contribution in [0.25, 0.3) is 5.76 Å². The van der Waals surface area contributed by atoms with Crippen LogP contribution >= 0.6 is 11.6 Å². The fraction of sp³-hybridized carbons (Fsp3) is 0.241. The van der Waals surface area contributed by atoms with E-state index in [0.29, 0.717) is 40.8 Å². The number of methoxy groups -OCH3 is 1. The molecular weight excluding hydrogens is 478 g/mol. The number of anilines is 1. The van der Waals surface area contributed by atoms with Gasteiger partial charge in [-0.15, -0.1) is 0 Å². The molecule has 1 unspecified atom stereocenters. The van der Waals surface area contributed by atoms with E-state index in [0.717, 1.165) is 5.56 Å². The lowest BCUT2D eigenvalue weighted by Crippen LogP contribution is -2.29. The van der Waals surface area contributed by atoms with Crippen molar-refractivity contribution in [2.75, 3.05) is 18.6 Å². The summed E-state index contributed by atoms with van der Waals surface area (Å²) in [5.41, 5.74) is 2.48. The van der Waals surface area contributed by atoms with E-state index in [9.17, 15) is 14.7 Å². The molecule has 7 heteroatoms. The molecule has 1 atom stereocenters. The molecule has 1 aliphatic heterocycles. The van der Waals surface area contributed by atoms with Crippen molar-refractivity contribution in [2.45, 2.75) is 26.8 Å². The van der Waals surface area contributed by atoms with Crippen molar-refractivity contribution in [3.8, 4) is 11.5 Å². The monoisotopic (exact) mass is 505 g/mol. The van der Waals surface area contributed by atoms with Crippen LogP contribution in [0.1, 0.15) is 36.6 Å². The molecule has 0 aliphatic carbocycles. The minimum atomic E-state index is -0.865. The van der Waals surface area contributed by atoms with Gasteiger partial charge >= 0.3 is 0 Å². The molecule has 0 spiro atoms. The minimum absolute atomic E-state index is 0.0252. The number of hydrogen-bond acceptors (Lipinski definition) is 5.